The van der Waals surface area contributed by atoms with E-state index in [4.69, 9.17) is 0 Å². The second kappa shape index (κ2) is 5.63. The van der Waals surface area contributed by atoms with Gasteiger partial charge in [0.15, 0.2) is 0 Å². The molecular formula is C17H22N2O3. The molecule has 1 aliphatic carbocycles. The number of carbonyl (C=O) groups is 2. The Labute approximate surface area is 130 Å². The third kappa shape index (κ3) is 2.34. The van der Waals surface area contributed by atoms with Gasteiger partial charge in [-0.2, -0.15) is 0 Å². The molecular weight excluding hydrogens is 280 g/mol. The molecule has 3 rings (SSSR count). The van der Waals surface area contributed by atoms with Crippen LogP contribution in [0.1, 0.15) is 44.7 Å². The molecule has 5 heteroatoms. The molecule has 1 aliphatic heterocycles. The Kier molecular flexibility index (Phi) is 3.81. The van der Waals surface area contributed by atoms with E-state index in [1.165, 1.54) is 6.42 Å². The summed E-state index contributed by atoms with van der Waals surface area (Å²) in [5.41, 5.74) is 1.74. The van der Waals surface area contributed by atoms with Gasteiger partial charge in [-0.3, -0.25) is 4.79 Å². The fourth-order valence-corrected chi connectivity index (χ4v) is 3.99. The highest BCUT2D eigenvalue weighted by molar-refractivity contribution is 5.94. The molecule has 1 fully saturated rings. The lowest BCUT2D eigenvalue weighted by Gasteiger charge is -2.50. The van der Waals surface area contributed by atoms with E-state index in [1.807, 2.05) is 29.2 Å². The van der Waals surface area contributed by atoms with Crippen molar-refractivity contribution in [2.45, 2.75) is 45.2 Å². The summed E-state index contributed by atoms with van der Waals surface area (Å²) in [6.07, 6.45) is 2.40. The maximum atomic E-state index is 12.3. The van der Waals surface area contributed by atoms with E-state index >= 15 is 0 Å². The number of carbonyl (C=O) groups excluding carboxylic acids is 1. The molecule has 0 aromatic heterocycles. The van der Waals surface area contributed by atoms with Gasteiger partial charge in [0.2, 0.25) is 5.91 Å². The lowest BCUT2D eigenvalue weighted by Crippen LogP contribution is -2.56. The van der Waals surface area contributed by atoms with Crippen molar-refractivity contribution < 1.29 is 14.7 Å². The molecule has 3 atom stereocenters. The van der Waals surface area contributed by atoms with Gasteiger partial charge in [-0.15, -0.1) is 0 Å². The number of carboxylic acid groups (broad SMARTS) is 1. The number of fused-ring (bicyclic) bond motifs is 1. The van der Waals surface area contributed by atoms with E-state index in [1.54, 1.807) is 6.92 Å². The van der Waals surface area contributed by atoms with Gasteiger partial charge < -0.3 is 15.3 Å². The van der Waals surface area contributed by atoms with Crippen LogP contribution in [0.25, 0.3) is 0 Å². The van der Waals surface area contributed by atoms with Crippen LogP contribution in [0.4, 0.5) is 10.5 Å². The van der Waals surface area contributed by atoms with Crippen LogP contribution in [0.15, 0.2) is 24.3 Å². The second-order valence-electron chi connectivity index (χ2n) is 6.42. The average molecular weight is 302 g/mol. The van der Waals surface area contributed by atoms with Gasteiger partial charge in [-0.25, -0.2) is 4.79 Å². The Balaban J connectivity index is 2.08. The molecule has 2 amide bonds. The third-order valence-corrected chi connectivity index (χ3v) is 5.15. The molecule has 0 radical (unpaired) electrons. The number of benzene rings is 1. The SMILES string of the molecule is CC(=O)N1c2ccccc2[C@H](NC(=O)O)[C@@H](C)[C@@H]1C1CCC1. The van der Waals surface area contributed by atoms with E-state index in [-0.39, 0.29) is 23.9 Å². The monoisotopic (exact) mass is 302 g/mol. The van der Waals surface area contributed by atoms with E-state index in [9.17, 15) is 14.7 Å². The molecule has 1 aromatic carbocycles. The number of nitrogens with zero attached hydrogens (tertiary/aromatic N) is 1. The van der Waals surface area contributed by atoms with Crippen LogP contribution in [-0.2, 0) is 4.79 Å². The molecule has 5 nitrogen and oxygen atoms in total. The summed E-state index contributed by atoms with van der Waals surface area (Å²) in [6.45, 7) is 3.65. The Morgan fingerprint density at radius 3 is 2.50 bits per heavy atom. The average Bonchev–Trinajstić information content (AvgIpc) is 2.40. The normalized spacial score (nSPS) is 27.7. The van der Waals surface area contributed by atoms with Crippen molar-refractivity contribution in [2.75, 3.05) is 4.90 Å². The third-order valence-electron chi connectivity index (χ3n) is 5.15. The molecule has 0 unspecified atom stereocenters. The van der Waals surface area contributed by atoms with Gasteiger partial charge in [0.25, 0.3) is 0 Å². The smallest absolute Gasteiger partial charge is 0.405 e. The summed E-state index contributed by atoms with van der Waals surface area (Å²) in [7, 11) is 0. The number of rotatable bonds is 2. The molecule has 2 N–H and O–H groups in total. The van der Waals surface area contributed by atoms with Crippen molar-refractivity contribution in [3.63, 3.8) is 0 Å². The lowest BCUT2D eigenvalue weighted by molar-refractivity contribution is -0.118. The quantitative estimate of drug-likeness (QED) is 0.881. The number of hydrogen-bond acceptors (Lipinski definition) is 2. The lowest BCUT2D eigenvalue weighted by atomic mass is 9.69. The van der Waals surface area contributed by atoms with Crippen LogP contribution in [0.5, 0.6) is 0 Å². The van der Waals surface area contributed by atoms with Crippen molar-refractivity contribution in [3.05, 3.63) is 29.8 Å². The molecule has 1 heterocycles. The summed E-state index contributed by atoms with van der Waals surface area (Å²) in [6, 6.07) is 7.43. The van der Waals surface area contributed by atoms with Gasteiger partial charge >= 0.3 is 6.09 Å². The molecule has 1 aromatic rings. The zero-order valence-corrected chi connectivity index (χ0v) is 13.0. The molecule has 22 heavy (non-hydrogen) atoms. The number of para-hydroxylation sites is 1. The topological polar surface area (TPSA) is 69.6 Å². The van der Waals surface area contributed by atoms with Gasteiger partial charge in [-0.1, -0.05) is 31.5 Å². The first-order valence-corrected chi connectivity index (χ1v) is 7.89. The van der Waals surface area contributed by atoms with E-state index in [2.05, 4.69) is 12.2 Å². The maximum absolute atomic E-state index is 12.3. The highest BCUT2D eigenvalue weighted by atomic mass is 16.4. The first-order chi connectivity index (χ1) is 10.5. The molecule has 0 spiro atoms. The van der Waals surface area contributed by atoms with Crippen LogP contribution in [-0.4, -0.2) is 23.1 Å². The van der Waals surface area contributed by atoms with Gasteiger partial charge in [-0.05, 0) is 30.4 Å². The van der Waals surface area contributed by atoms with Crippen molar-refractivity contribution >= 4 is 17.7 Å². The van der Waals surface area contributed by atoms with Crippen LogP contribution in [0, 0.1) is 11.8 Å². The van der Waals surface area contributed by atoms with Crippen molar-refractivity contribution in [1.29, 1.82) is 0 Å². The summed E-state index contributed by atoms with van der Waals surface area (Å²) >= 11 is 0. The molecule has 118 valence electrons. The largest absolute Gasteiger partial charge is 0.465 e. The van der Waals surface area contributed by atoms with Gasteiger partial charge in [0.05, 0.1) is 6.04 Å². The standard InChI is InChI=1S/C17H22N2O3/c1-10-15(18-17(21)22)13-8-3-4-9-14(13)19(11(2)20)16(10)12-6-5-7-12/h3-4,8-10,12,15-16,18H,5-7H2,1-2H3,(H,21,22)/t10-,15-,16-/m1/s1. The Morgan fingerprint density at radius 1 is 1.27 bits per heavy atom. The van der Waals surface area contributed by atoms with Gasteiger partial charge in [0.1, 0.15) is 0 Å². The van der Waals surface area contributed by atoms with Crippen LogP contribution in [0.3, 0.4) is 0 Å². The summed E-state index contributed by atoms with van der Waals surface area (Å²) in [5.74, 6) is 0.551. The zero-order valence-electron chi connectivity index (χ0n) is 13.0. The highest BCUT2D eigenvalue weighted by Gasteiger charge is 2.45. The highest BCUT2D eigenvalue weighted by Crippen LogP contribution is 2.47. The molecule has 0 bridgehead atoms. The van der Waals surface area contributed by atoms with Crippen molar-refractivity contribution in [1.82, 2.24) is 5.32 Å². The zero-order chi connectivity index (χ0) is 15.9. The summed E-state index contributed by atoms with van der Waals surface area (Å²) < 4.78 is 0. The molecule has 2 aliphatic rings. The fraction of sp³-hybridized carbons (Fsp3) is 0.529. The first-order valence-electron chi connectivity index (χ1n) is 7.89. The van der Waals surface area contributed by atoms with Gasteiger partial charge in [0, 0.05) is 24.6 Å². The molecule has 0 saturated heterocycles. The minimum absolute atomic E-state index is 0.0324. The van der Waals surface area contributed by atoms with Crippen LogP contribution >= 0.6 is 0 Å². The Bertz CT molecular complexity index is 597. The van der Waals surface area contributed by atoms with Crippen molar-refractivity contribution in [3.8, 4) is 0 Å². The minimum atomic E-state index is -1.02. The van der Waals surface area contributed by atoms with Crippen LogP contribution in [0.2, 0.25) is 0 Å². The van der Waals surface area contributed by atoms with E-state index in [0.29, 0.717) is 5.92 Å². The maximum Gasteiger partial charge on any atom is 0.405 e. The Morgan fingerprint density at radius 2 is 1.95 bits per heavy atom. The first kappa shape index (κ1) is 14.9. The second-order valence-corrected chi connectivity index (χ2v) is 6.42. The summed E-state index contributed by atoms with van der Waals surface area (Å²) in [4.78, 5) is 25.4. The summed E-state index contributed by atoms with van der Waals surface area (Å²) in [5, 5.41) is 11.8. The Hall–Kier alpha value is -2.04. The fourth-order valence-electron chi connectivity index (χ4n) is 3.99. The minimum Gasteiger partial charge on any atom is -0.465 e. The predicted octanol–water partition coefficient (Wildman–Crippen LogP) is 3.17. The number of nitrogens with one attached hydrogen (secondary N) is 1. The number of hydrogen-bond donors (Lipinski definition) is 2. The van der Waals surface area contributed by atoms with E-state index in [0.717, 1.165) is 24.1 Å². The van der Waals surface area contributed by atoms with Crippen molar-refractivity contribution in [2.24, 2.45) is 11.8 Å². The molecule has 1 saturated carbocycles. The van der Waals surface area contributed by atoms with Crippen LogP contribution < -0.4 is 10.2 Å². The van der Waals surface area contributed by atoms with E-state index < -0.39 is 6.09 Å². The number of anilines is 1. The number of amides is 2. The predicted molar refractivity (Wildman–Crippen MR) is 83.8 cm³/mol.